The van der Waals surface area contributed by atoms with Crippen molar-refractivity contribution in [2.24, 2.45) is 5.73 Å². The Hall–Kier alpha value is -1.80. The van der Waals surface area contributed by atoms with Gasteiger partial charge in [-0.1, -0.05) is 36.4 Å². The summed E-state index contributed by atoms with van der Waals surface area (Å²) in [6, 6.07) is 17.8. The Morgan fingerprint density at radius 1 is 1.14 bits per heavy atom. The molecule has 0 amide bonds. The lowest BCUT2D eigenvalue weighted by molar-refractivity contribution is 0.679. The first-order chi connectivity index (χ1) is 10.2. The number of nitrogens with two attached hydrogens (primary N) is 1. The molecule has 2 aromatic carbocycles. The molecule has 0 heterocycles. The van der Waals surface area contributed by atoms with Crippen molar-refractivity contribution < 1.29 is 0 Å². The zero-order valence-electron chi connectivity index (χ0n) is 12.9. The van der Waals surface area contributed by atoms with E-state index >= 15 is 0 Å². The van der Waals surface area contributed by atoms with Crippen molar-refractivity contribution >= 4 is 5.69 Å². The van der Waals surface area contributed by atoms with Gasteiger partial charge >= 0.3 is 0 Å². The van der Waals surface area contributed by atoms with Crippen molar-refractivity contribution in [3.05, 3.63) is 65.2 Å². The maximum atomic E-state index is 6.08. The summed E-state index contributed by atoms with van der Waals surface area (Å²) in [5, 5.41) is 0. The van der Waals surface area contributed by atoms with Gasteiger partial charge in [0.2, 0.25) is 0 Å². The Balaban J connectivity index is 1.88. The highest BCUT2D eigenvalue weighted by Crippen LogP contribution is 2.41. The van der Waals surface area contributed by atoms with Crippen molar-refractivity contribution in [1.82, 2.24) is 0 Å². The number of likely N-dealkylation sites (N-methyl/N-ethyl adjacent to an activating group) is 1. The summed E-state index contributed by atoms with van der Waals surface area (Å²) in [7, 11) is 2.14. The molecule has 2 heteroatoms. The minimum absolute atomic E-state index is 0.227. The lowest BCUT2D eigenvalue weighted by Gasteiger charge is -2.30. The van der Waals surface area contributed by atoms with Crippen LogP contribution in [0.5, 0.6) is 0 Å². The van der Waals surface area contributed by atoms with E-state index < -0.39 is 0 Å². The fourth-order valence-corrected chi connectivity index (χ4v) is 2.98. The molecular weight excluding hydrogens is 256 g/mol. The average Bonchev–Trinajstić information content (AvgIpc) is 3.33. The molecule has 0 aliphatic heterocycles. The third kappa shape index (κ3) is 3.11. The van der Waals surface area contributed by atoms with E-state index in [1.165, 1.54) is 35.2 Å². The predicted molar refractivity (Wildman–Crippen MR) is 89.8 cm³/mol. The fraction of sp³-hybridized carbons (Fsp3) is 0.368. The molecule has 1 fully saturated rings. The lowest BCUT2D eigenvalue weighted by Crippen LogP contribution is -2.30. The van der Waals surface area contributed by atoms with E-state index in [9.17, 15) is 0 Å². The van der Waals surface area contributed by atoms with Gasteiger partial charge in [-0.2, -0.15) is 0 Å². The van der Waals surface area contributed by atoms with Crippen LogP contribution in [0, 0.1) is 6.92 Å². The van der Waals surface area contributed by atoms with Crippen LogP contribution in [-0.2, 0) is 0 Å². The summed E-state index contributed by atoms with van der Waals surface area (Å²) in [5.74, 6) is 0.785. The van der Waals surface area contributed by atoms with Crippen molar-refractivity contribution in [2.45, 2.75) is 31.7 Å². The van der Waals surface area contributed by atoms with Crippen LogP contribution >= 0.6 is 0 Å². The van der Waals surface area contributed by atoms with Crippen LogP contribution in [0.1, 0.15) is 41.5 Å². The molecule has 0 saturated heterocycles. The minimum Gasteiger partial charge on any atom is -0.366 e. The van der Waals surface area contributed by atoms with E-state index in [1.807, 2.05) is 0 Å². The molecule has 1 saturated carbocycles. The third-order valence-electron chi connectivity index (χ3n) is 4.44. The van der Waals surface area contributed by atoms with E-state index in [2.05, 4.69) is 67.4 Å². The summed E-state index contributed by atoms with van der Waals surface area (Å²) < 4.78 is 0. The van der Waals surface area contributed by atoms with Crippen LogP contribution in [0.2, 0.25) is 0 Å². The summed E-state index contributed by atoms with van der Waals surface area (Å²) in [5.41, 5.74) is 11.4. The van der Waals surface area contributed by atoms with E-state index in [0.717, 1.165) is 5.92 Å². The molecule has 110 valence electrons. The van der Waals surface area contributed by atoms with Crippen molar-refractivity contribution in [1.29, 1.82) is 0 Å². The van der Waals surface area contributed by atoms with Gasteiger partial charge in [0.05, 0.1) is 6.04 Å². The van der Waals surface area contributed by atoms with Gasteiger partial charge in [-0.3, -0.25) is 0 Å². The second-order valence-electron chi connectivity index (χ2n) is 6.15. The maximum Gasteiger partial charge on any atom is 0.0661 e. The minimum atomic E-state index is 0.227. The number of hydrogen-bond acceptors (Lipinski definition) is 2. The molecule has 3 rings (SSSR count). The van der Waals surface area contributed by atoms with Crippen LogP contribution in [0.15, 0.2) is 48.5 Å². The largest absolute Gasteiger partial charge is 0.366 e. The monoisotopic (exact) mass is 280 g/mol. The average molecular weight is 280 g/mol. The summed E-state index contributed by atoms with van der Waals surface area (Å²) >= 11 is 0. The number of benzene rings is 2. The first-order valence-electron chi connectivity index (χ1n) is 7.78. The van der Waals surface area contributed by atoms with Gasteiger partial charge in [0.15, 0.2) is 0 Å². The van der Waals surface area contributed by atoms with Crippen molar-refractivity contribution in [2.75, 3.05) is 18.5 Å². The second kappa shape index (κ2) is 5.90. The first-order valence-corrected chi connectivity index (χ1v) is 7.78. The molecule has 0 aromatic heterocycles. The smallest absolute Gasteiger partial charge is 0.0661 e. The van der Waals surface area contributed by atoms with Crippen LogP contribution in [0.3, 0.4) is 0 Å². The van der Waals surface area contributed by atoms with Gasteiger partial charge in [0, 0.05) is 19.3 Å². The van der Waals surface area contributed by atoms with E-state index in [-0.39, 0.29) is 6.04 Å². The standard InChI is InChI=1S/C19H24N2/c1-14-5-3-8-18(11-14)21(2)19(13-20)17-7-4-6-16(12-17)15-9-10-15/h3-8,11-12,15,19H,9-10,13,20H2,1-2H3. The Bertz CT molecular complexity index is 616. The molecule has 0 spiro atoms. The highest BCUT2D eigenvalue weighted by Gasteiger charge is 2.24. The summed E-state index contributed by atoms with van der Waals surface area (Å²) in [6.07, 6.45) is 2.68. The fourth-order valence-electron chi connectivity index (χ4n) is 2.98. The lowest BCUT2D eigenvalue weighted by atomic mass is 10.00. The van der Waals surface area contributed by atoms with Gasteiger partial charge in [0.1, 0.15) is 0 Å². The molecule has 2 aromatic rings. The SMILES string of the molecule is Cc1cccc(N(C)C(CN)c2cccc(C3CC3)c2)c1. The number of rotatable bonds is 5. The van der Waals surface area contributed by atoms with Gasteiger partial charge in [-0.05, 0) is 54.5 Å². The summed E-state index contributed by atoms with van der Waals surface area (Å²) in [6.45, 7) is 2.75. The number of aryl methyl sites for hydroxylation is 1. The van der Waals surface area contributed by atoms with Crippen molar-refractivity contribution in [3.8, 4) is 0 Å². The van der Waals surface area contributed by atoms with E-state index in [4.69, 9.17) is 5.73 Å². The van der Waals surface area contributed by atoms with Gasteiger partial charge < -0.3 is 10.6 Å². The molecular formula is C19H24N2. The third-order valence-corrected chi connectivity index (χ3v) is 4.44. The number of hydrogen-bond donors (Lipinski definition) is 1. The molecule has 1 atom stereocenters. The zero-order valence-corrected chi connectivity index (χ0v) is 12.9. The topological polar surface area (TPSA) is 29.3 Å². The number of anilines is 1. The molecule has 1 unspecified atom stereocenters. The van der Waals surface area contributed by atoms with Crippen LogP contribution in [0.4, 0.5) is 5.69 Å². The van der Waals surface area contributed by atoms with Crippen molar-refractivity contribution in [3.63, 3.8) is 0 Å². The highest BCUT2D eigenvalue weighted by atomic mass is 15.1. The van der Waals surface area contributed by atoms with E-state index in [1.54, 1.807) is 0 Å². The Kier molecular flexibility index (Phi) is 3.98. The Morgan fingerprint density at radius 3 is 2.57 bits per heavy atom. The Labute approximate surface area is 127 Å². The molecule has 2 nitrogen and oxygen atoms in total. The molecule has 1 aliphatic rings. The molecule has 1 aliphatic carbocycles. The predicted octanol–water partition coefficient (Wildman–Crippen LogP) is 4.01. The molecule has 0 radical (unpaired) electrons. The zero-order chi connectivity index (χ0) is 14.8. The second-order valence-corrected chi connectivity index (χ2v) is 6.15. The van der Waals surface area contributed by atoms with Crippen LogP contribution < -0.4 is 10.6 Å². The van der Waals surface area contributed by atoms with Gasteiger partial charge in [0.25, 0.3) is 0 Å². The normalized spacial score (nSPS) is 15.8. The molecule has 0 bridgehead atoms. The molecule has 21 heavy (non-hydrogen) atoms. The summed E-state index contributed by atoms with van der Waals surface area (Å²) in [4.78, 5) is 2.29. The van der Waals surface area contributed by atoms with Gasteiger partial charge in [-0.15, -0.1) is 0 Å². The molecule has 2 N–H and O–H groups in total. The highest BCUT2D eigenvalue weighted by molar-refractivity contribution is 5.50. The van der Waals surface area contributed by atoms with Gasteiger partial charge in [-0.25, -0.2) is 0 Å². The quantitative estimate of drug-likeness (QED) is 0.896. The maximum absolute atomic E-state index is 6.08. The van der Waals surface area contributed by atoms with Crippen LogP contribution in [0.25, 0.3) is 0 Å². The Morgan fingerprint density at radius 2 is 1.90 bits per heavy atom. The van der Waals surface area contributed by atoms with Crippen LogP contribution in [-0.4, -0.2) is 13.6 Å². The first kappa shape index (κ1) is 14.2. The number of nitrogens with zero attached hydrogens (tertiary/aromatic N) is 1. The van der Waals surface area contributed by atoms with E-state index in [0.29, 0.717) is 6.54 Å².